The Morgan fingerprint density at radius 2 is 1.69 bits per heavy atom. The minimum Gasteiger partial charge on any atom is -0.497 e. The summed E-state index contributed by atoms with van der Waals surface area (Å²) in [6, 6.07) is 22.9. The third-order valence-corrected chi connectivity index (χ3v) is 5.78. The molecule has 3 aromatic rings. The molecule has 4 amide bonds. The number of benzene rings is 3. The highest BCUT2D eigenvalue weighted by atomic mass is 16.5. The van der Waals surface area contributed by atoms with E-state index in [1.165, 1.54) is 4.90 Å². The summed E-state index contributed by atoms with van der Waals surface area (Å²) >= 11 is 0. The fourth-order valence-electron chi connectivity index (χ4n) is 3.95. The van der Waals surface area contributed by atoms with E-state index in [4.69, 9.17) is 4.74 Å². The van der Waals surface area contributed by atoms with E-state index < -0.39 is 12.1 Å². The highest BCUT2D eigenvalue weighted by molar-refractivity contribution is 6.10. The molecule has 1 aliphatic heterocycles. The van der Waals surface area contributed by atoms with Gasteiger partial charge in [-0.05, 0) is 41.8 Å². The summed E-state index contributed by atoms with van der Waals surface area (Å²) in [7, 11) is 1.62. The number of amides is 4. The monoisotopic (exact) mass is 472 g/mol. The normalized spacial score (nSPS) is 13.3. The number of carbonyl (C=O) groups excluding carboxylic acids is 3. The van der Waals surface area contributed by atoms with Gasteiger partial charge >= 0.3 is 6.03 Å². The zero-order valence-electron chi connectivity index (χ0n) is 19.5. The van der Waals surface area contributed by atoms with Crippen molar-refractivity contribution in [3.05, 3.63) is 90.0 Å². The van der Waals surface area contributed by atoms with E-state index in [1.54, 1.807) is 31.4 Å². The second kappa shape index (κ2) is 11.2. The molecule has 0 aliphatic carbocycles. The maximum absolute atomic E-state index is 13.2. The lowest BCUT2D eigenvalue weighted by Crippen LogP contribution is -2.54. The van der Waals surface area contributed by atoms with Gasteiger partial charge in [-0.2, -0.15) is 0 Å². The molecule has 1 aliphatic rings. The zero-order valence-corrected chi connectivity index (χ0v) is 19.5. The molecule has 1 heterocycles. The van der Waals surface area contributed by atoms with Gasteiger partial charge in [0, 0.05) is 13.0 Å². The van der Waals surface area contributed by atoms with Crippen LogP contribution in [0.5, 0.6) is 5.75 Å². The largest absolute Gasteiger partial charge is 0.497 e. The molecule has 0 aromatic heterocycles. The fraction of sp³-hybridized carbons (Fsp3) is 0.222. The summed E-state index contributed by atoms with van der Waals surface area (Å²) in [4.78, 5) is 39.8. The molecule has 0 fully saturated rings. The lowest BCUT2D eigenvalue weighted by Gasteiger charge is -2.30. The van der Waals surface area contributed by atoms with Crippen molar-refractivity contribution in [1.29, 1.82) is 0 Å². The Morgan fingerprint density at radius 1 is 0.971 bits per heavy atom. The SMILES string of the molecule is COc1ccc(CCNC(=O)C(Cc2ccccc2)NC(=O)N2CC(=O)Nc3ccccc32)cc1. The molecule has 0 saturated heterocycles. The number of ether oxygens (including phenoxy) is 1. The van der Waals surface area contributed by atoms with Crippen LogP contribution in [0.1, 0.15) is 11.1 Å². The molecular formula is C27H28N4O4. The summed E-state index contributed by atoms with van der Waals surface area (Å²) in [5, 5.41) is 8.54. The predicted molar refractivity (Wildman–Crippen MR) is 135 cm³/mol. The molecule has 8 heteroatoms. The van der Waals surface area contributed by atoms with Crippen LogP contribution in [0.25, 0.3) is 0 Å². The van der Waals surface area contributed by atoms with Crippen molar-refractivity contribution in [3.63, 3.8) is 0 Å². The first-order chi connectivity index (χ1) is 17.0. The minimum absolute atomic E-state index is 0.125. The first kappa shape index (κ1) is 23.8. The lowest BCUT2D eigenvalue weighted by atomic mass is 10.0. The summed E-state index contributed by atoms with van der Waals surface area (Å²) in [5.41, 5.74) is 3.12. The molecule has 35 heavy (non-hydrogen) atoms. The third-order valence-electron chi connectivity index (χ3n) is 5.78. The van der Waals surface area contributed by atoms with E-state index in [9.17, 15) is 14.4 Å². The number of hydrogen-bond donors (Lipinski definition) is 3. The molecule has 3 aromatic carbocycles. The van der Waals surface area contributed by atoms with Crippen LogP contribution in [0, 0.1) is 0 Å². The van der Waals surface area contributed by atoms with Gasteiger partial charge in [-0.25, -0.2) is 4.79 Å². The highest BCUT2D eigenvalue weighted by Gasteiger charge is 2.30. The van der Waals surface area contributed by atoms with Gasteiger partial charge in [0.1, 0.15) is 18.3 Å². The first-order valence-corrected chi connectivity index (χ1v) is 11.4. The van der Waals surface area contributed by atoms with Gasteiger partial charge in [-0.15, -0.1) is 0 Å². The van der Waals surface area contributed by atoms with Gasteiger partial charge in [0.2, 0.25) is 11.8 Å². The van der Waals surface area contributed by atoms with Crippen molar-refractivity contribution < 1.29 is 19.1 Å². The maximum atomic E-state index is 13.2. The van der Waals surface area contributed by atoms with Gasteiger partial charge < -0.3 is 20.7 Å². The number of nitrogens with one attached hydrogen (secondary N) is 3. The van der Waals surface area contributed by atoms with Crippen LogP contribution >= 0.6 is 0 Å². The van der Waals surface area contributed by atoms with Crippen LogP contribution < -0.4 is 25.6 Å². The van der Waals surface area contributed by atoms with Gasteiger partial charge in [-0.3, -0.25) is 14.5 Å². The molecule has 3 N–H and O–H groups in total. The van der Waals surface area contributed by atoms with Crippen molar-refractivity contribution in [2.24, 2.45) is 0 Å². The number of hydrogen-bond acceptors (Lipinski definition) is 4. The number of carbonyl (C=O) groups is 3. The van der Waals surface area contributed by atoms with Crippen molar-refractivity contribution >= 4 is 29.2 Å². The van der Waals surface area contributed by atoms with E-state index >= 15 is 0 Å². The number of nitrogens with zero attached hydrogens (tertiary/aromatic N) is 1. The van der Waals surface area contributed by atoms with Crippen molar-refractivity contribution in [2.45, 2.75) is 18.9 Å². The fourth-order valence-corrected chi connectivity index (χ4v) is 3.95. The molecule has 1 unspecified atom stereocenters. The number of anilines is 2. The maximum Gasteiger partial charge on any atom is 0.323 e. The quantitative estimate of drug-likeness (QED) is 0.469. The topological polar surface area (TPSA) is 99.8 Å². The van der Waals surface area contributed by atoms with Crippen LogP contribution in [0.2, 0.25) is 0 Å². The lowest BCUT2D eigenvalue weighted by molar-refractivity contribution is -0.122. The second-order valence-electron chi connectivity index (χ2n) is 8.23. The van der Waals surface area contributed by atoms with Crippen molar-refractivity contribution in [2.75, 3.05) is 30.4 Å². The van der Waals surface area contributed by atoms with Crippen molar-refractivity contribution in [3.8, 4) is 5.75 Å². The van der Waals surface area contributed by atoms with Crippen LogP contribution in [0.15, 0.2) is 78.9 Å². The molecule has 180 valence electrons. The Labute approximate surface area is 204 Å². The molecule has 0 bridgehead atoms. The summed E-state index contributed by atoms with van der Waals surface area (Å²) in [6.45, 7) is 0.293. The summed E-state index contributed by atoms with van der Waals surface area (Å²) in [5.74, 6) is 0.198. The molecule has 1 atom stereocenters. The number of methoxy groups -OCH3 is 1. The molecule has 0 radical (unpaired) electrons. The van der Waals surface area contributed by atoms with Crippen LogP contribution in [-0.4, -0.2) is 44.1 Å². The van der Waals surface area contributed by atoms with E-state index in [0.717, 1.165) is 16.9 Å². The Kier molecular flexibility index (Phi) is 7.62. The van der Waals surface area contributed by atoms with Crippen molar-refractivity contribution in [1.82, 2.24) is 10.6 Å². The van der Waals surface area contributed by atoms with Gasteiger partial charge in [-0.1, -0.05) is 54.6 Å². The number of fused-ring (bicyclic) bond motifs is 1. The van der Waals surface area contributed by atoms with E-state index in [0.29, 0.717) is 30.8 Å². The molecule has 0 saturated carbocycles. The molecule has 4 rings (SSSR count). The van der Waals surface area contributed by atoms with Gasteiger partial charge in [0.15, 0.2) is 0 Å². The van der Waals surface area contributed by atoms with Crippen LogP contribution in [0.3, 0.4) is 0 Å². The average Bonchev–Trinajstić information content (AvgIpc) is 2.88. The molecular weight excluding hydrogens is 444 g/mol. The molecule has 0 spiro atoms. The first-order valence-electron chi connectivity index (χ1n) is 11.4. The van der Waals surface area contributed by atoms with E-state index in [-0.39, 0.29) is 18.4 Å². The Hall–Kier alpha value is -4.33. The van der Waals surface area contributed by atoms with Gasteiger partial charge in [0.25, 0.3) is 0 Å². The number of urea groups is 1. The van der Waals surface area contributed by atoms with E-state index in [1.807, 2.05) is 54.6 Å². The van der Waals surface area contributed by atoms with E-state index in [2.05, 4.69) is 16.0 Å². The van der Waals surface area contributed by atoms with Crippen LogP contribution in [0.4, 0.5) is 16.2 Å². The number of rotatable bonds is 8. The Balaban J connectivity index is 1.44. The van der Waals surface area contributed by atoms with Gasteiger partial charge in [0.05, 0.1) is 18.5 Å². The predicted octanol–water partition coefficient (Wildman–Crippen LogP) is 3.13. The standard InChI is InChI=1S/C27H28N4O4/c1-35-21-13-11-19(12-14-21)15-16-28-26(33)23(17-20-7-3-2-4-8-20)30-27(34)31-18-25(32)29-22-9-5-6-10-24(22)31/h2-14,23H,15-18H2,1H3,(H,28,33)(H,29,32)(H,30,34). The summed E-state index contributed by atoms with van der Waals surface area (Å²) in [6.07, 6.45) is 0.962. The third kappa shape index (κ3) is 6.17. The Bertz CT molecular complexity index is 1180. The zero-order chi connectivity index (χ0) is 24.6. The number of para-hydroxylation sites is 2. The highest BCUT2D eigenvalue weighted by Crippen LogP contribution is 2.28. The minimum atomic E-state index is -0.807. The average molecular weight is 473 g/mol. The molecule has 8 nitrogen and oxygen atoms in total. The van der Waals surface area contributed by atoms with Crippen LogP contribution in [-0.2, 0) is 22.4 Å². The Morgan fingerprint density at radius 3 is 2.43 bits per heavy atom. The second-order valence-corrected chi connectivity index (χ2v) is 8.23. The smallest absolute Gasteiger partial charge is 0.323 e. The summed E-state index contributed by atoms with van der Waals surface area (Å²) < 4.78 is 5.18.